The maximum Gasteiger partial charge on any atom is 0.0720 e. The van der Waals surface area contributed by atoms with Crippen molar-refractivity contribution in [3.63, 3.8) is 0 Å². The molecule has 0 saturated heterocycles. The second-order valence-corrected chi connectivity index (χ2v) is 2.99. The van der Waals surface area contributed by atoms with Crippen molar-refractivity contribution in [3.8, 4) is 0 Å². The highest BCUT2D eigenvalue weighted by molar-refractivity contribution is 4.89. The fourth-order valence-electron chi connectivity index (χ4n) is 1.32. The first-order chi connectivity index (χ1) is 4.89. The van der Waals surface area contributed by atoms with Gasteiger partial charge >= 0.3 is 0 Å². The van der Waals surface area contributed by atoms with E-state index in [0.717, 1.165) is 12.8 Å². The molecule has 0 radical (unpaired) electrons. The van der Waals surface area contributed by atoms with Gasteiger partial charge in [0.1, 0.15) is 0 Å². The van der Waals surface area contributed by atoms with E-state index in [0.29, 0.717) is 0 Å². The van der Waals surface area contributed by atoms with Crippen molar-refractivity contribution in [2.45, 2.75) is 44.6 Å². The average molecular weight is 140 g/mol. The first-order valence-corrected chi connectivity index (χ1v) is 4.24. The topological polar surface area (TPSA) is 20.2 Å². The monoisotopic (exact) mass is 140 g/mol. The van der Waals surface area contributed by atoms with Gasteiger partial charge < -0.3 is 5.11 Å². The van der Waals surface area contributed by atoms with E-state index in [4.69, 9.17) is 0 Å². The Labute approximate surface area is 62.8 Å². The Morgan fingerprint density at radius 3 is 2.80 bits per heavy atom. The van der Waals surface area contributed by atoms with Crippen LogP contribution in [0.1, 0.15) is 38.5 Å². The summed E-state index contributed by atoms with van der Waals surface area (Å²) >= 11 is 0. The summed E-state index contributed by atoms with van der Waals surface area (Å²) in [5, 5.41) is 9.25. The molecule has 1 rings (SSSR count). The predicted molar refractivity (Wildman–Crippen MR) is 42.8 cm³/mol. The zero-order valence-electron chi connectivity index (χ0n) is 6.42. The summed E-state index contributed by atoms with van der Waals surface area (Å²) in [5.41, 5.74) is 0. The third-order valence-corrected chi connectivity index (χ3v) is 1.98. The predicted octanol–water partition coefficient (Wildman–Crippen LogP) is 2.26. The fraction of sp³-hybridized carbons (Fsp3) is 0.778. The molecule has 0 aromatic carbocycles. The Kier molecular flexibility index (Phi) is 3.52. The molecule has 1 aliphatic rings. The maximum absolute atomic E-state index is 9.25. The van der Waals surface area contributed by atoms with Gasteiger partial charge in [0.05, 0.1) is 6.10 Å². The number of allylic oxidation sites excluding steroid dienone is 1. The van der Waals surface area contributed by atoms with E-state index < -0.39 is 0 Å². The first-order valence-electron chi connectivity index (χ1n) is 4.24. The molecule has 10 heavy (non-hydrogen) atoms. The van der Waals surface area contributed by atoms with E-state index in [1.807, 2.05) is 6.08 Å². The van der Waals surface area contributed by atoms with Crippen molar-refractivity contribution in [1.29, 1.82) is 0 Å². The molecule has 0 heterocycles. The lowest BCUT2D eigenvalue weighted by Crippen LogP contribution is -2.00. The third kappa shape index (κ3) is 3.02. The molecule has 1 atom stereocenters. The van der Waals surface area contributed by atoms with Gasteiger partial charge in [-0.2, -0.15) is 0 Å². The highest BCUT2D eigenvalue weighted by atomic mass is 16.3. The molecule has 0 aromatic rings. The molecule has 1 N–H and O–H groups in total. The zero-order chi connectivity index (χ0) is 7.23. The highest BCUT2D eigenvalue weighted by Crippen LogP contribution is 2.11. The van der Waals surface area contributed by atoms with Crippen molar-refractivity contribution in [2.75, 3.05) is 0 Å². The summed E-state index contributed by atoms with van der Waals surface area (Å²) < 4.78 is 0. The Balaban J connectivity index is 2.28. The van der Waals surface area contributed by atoms with Gasteiger partial charge in [-0.05, 0) is 19.3 Å². The summed E-state index contributed by atoms with van der Waals surface area (Å²) in [6.45, 7) is 0. The molecule has 1 unspecified atom stereocenters. The molecular formula is C9H16O. The van der Waals surface area contributed by atoms with Crippen LogP contribution in [0.5, 0.6) is 0 Å². The second kappa shape index (κ2) is 4.51. The molecule has 1 aliphatic carbocycles. The number of hydrogen-bond donors (Lipinski definition) is 1. The summed E-state index contributed by atoms with van der Waals surface area (Å²) in [4.78, 5) is 0. The molecular weight excluding hydrogens is 124 g/mol. The van der Waals surface area contributed by atoms with Crippen LogP contribution >= 0.6 is 0 Å². The van der Waals surface area contributed by atoms with Gasteiger partial charge in [0.15, 0.2) is 0 Å². The first kappa shape index (κ1) is 7.80. The van der Waals surface area contributed by atoms with Crippen LogP contribution in [0, 0.1) is 0 Å². The summed E-state index contributed by atoms with van der Waals surface area (Å²) in [6, 6.07) is 0. The Hall–Kier alpha value is -0.300. The van der Waals surface area contributed by atoms with E-state index >= 15 is 0 Å². The van der Waals surface area contributed by atoms with Gasteiger partial charge in [-0.25, -0.2) is 0 Å². The van der Waals surface area contributed by atoms with Crippen molar-refractivity contribution in [2.24, 2.45) is 0 Å². The van der Waals surface area contributed by atoms with E-state index in [2.05, 4.69) is 6.08 Å². The minimum atomic E-state index is -0.168. The van der Waals surface area contributed by atoms with Crippen LogP contribution in [0.4, 0.5) is 0 Å². The standard InChI is InChI=1S/C9H16O/c10-9-7-5-3-1-2-4-6-8-9/h5,7,9-10H,1-4,6,8H2/b7-5+. The molecule has 0 bridgehead atoms. The van der Waals surface area contributed by atoms with Gasteiger partial charge in [-0.1, -0.05) is 31.4 Å². The van der Waals surface area contributed by atoms with Crippen LogP contribution in [-0.4, -0.2) is 11.2 Å². The van der Waals surface area contributed by atoms with Crippen LogP contribution in [0.3, 0.4) is 0 Å². The third-order valence-electron chi connectivity index (χ3n) is 1.98. The maximum atomic E-state index is 9.25. The summed E-state index contributed by atoms with van der Waals surface area (Å²) in [7, 11) is 0. The van der Waals surface area contributed by atoms with Crippen molar-refractivity contribution < 1.29 is 5.11 Å². The number of hydrogen-bond acceptors (Lipinski definition) is 1. The summed E-state index contributed by atoms with van der Waals surface area (Å²) in [5.74, 6) is 0. The smallest absolute Gasteiger partial charge is 0.0720 e. The lowest BCUT2D eigenvalue weighted by molar-refractivity contribution is 0.208. The second-order valence-electron chi connectivity index (χ2n) is 2.99. The SMILES string of the molecule is OC1/C=C/CCCCCC1. The lowest BCUT2D eigenvalue weighted by Gasteiger charge is -2.01. The van der Waals surface area contributed by atoms with Crippen molar-refractivity contribution in [3.05, 3.63) is 12.2 Å². The number of aliphatic hydroxyl groups is 1. The Morgan fingerprint density at radius 1 is 1.10 bits per heavy atom. The van der Waals surface area contributed by atoms with Gasteiger partial charge in [-0.3, -0.25) is 0 Å². The number of aliphatic hydroxyl groups excluding tert-OH is 1. The quantitative estimate of drug-likeness (QED) is 0.512. The molecule has 0 fully saturated rings. The minimum absolute atomic E-state index is 0.168. The molecule has 1 heteroatoms. The zero-order valence-corrected chi connectivity index (χ0v) is 6.42. The molecule has 0 saturated carbocycles. The molecule has 0 aromatic heterocycles. The van der Waals surface area contributed by atoms with Crippen LogP contribution in [-0.2, 0) is 0 Å². The van der Waals surface area contributed by atoms with Crippen LogP contribution < -0.4 is 0 Å². The van der Waals surface area contributed by atoms with Crippen molar-refractivity contribution >= 4 is 0 Å². The van der Waals surface area contributed by atoms with Gasteiger partial charge in [0.2, 0.25) is 0 Å². The minimum Gasteiger partial charge on any atom is -0.389 e. The molecule has 0 amide bonds. The number of rotatable bonds is 0. The van der Waals surface area contributed by atoms with Crippen LogP contribution in [0.25, 0.3) is 0 Å². The van der Waals surface area contributed by atoms with Crippen molar-refractivity contribution in [1.82, 2.24) is 0 Å². The van der Waals surface area contributed by atoms with Gasteiger partial charge in [0.25, 0.3) is 0 Å². The van der Waals surface area contributed by atoms with E-state index in [-0.39, 0.29) is 6.10 Å². The lowest BCUT2D eigenvalue weighted by atomic mass is 10.1. The van der Waals surface area contributed by atoms with Gasteiger partial charge in [-0.15, -0.1) is 0 Å². The molecule has 1 nitrogen and oxygen atoms in total. The summed E-state index contributed by atoms with van der Waals surface area (Å²) in [6.07, 6.45) is 11.1. The Morgan fingerprint density at radius 2 is 1.90 bits per heavy atom. The average Bonchev–Trinajstić information content (AvgIpc) is 2.02. The largest absolute Gasteiger partial charge is 0.389 e. The molecule has 0 aliphatic heterocycles. The van der Waals surface area contributed by atoms with Gasteiger partial charge in [0, 0.05) is 0 Å². The van der Waals surface area contributed by atoms with E-state index in [1.54, 1.807) is 0 Å². The normalized spacial score (nSPS) is 31.9. The molecule has 0 spiro atoms. The van der Waals surface area contributed by atoms with E-state index in [1.165, 1.54) is 25.7 Å². The van der Waals surface area contributed by atoms with Crippen LogP contribution in [0.2, 0.25) is 0 Å². The molecule has 58 valence electrons. The Bertz CT molecular complexity index is 107. The van der Waals surface area contributed by atoms with E-state index in [9.17, 15) is 5.11 Å². The highest BCUT2D eigenvalue weighted by Gasteiger charge is 2.00. The van der Waals surface area contributed by atoms with Crippen LogP contribution in [0.15, 0.2) is 12.2 Å². The fourth-order valence-corrected chi connectivity index (χ4v) is 1.32.